The Kier molecular flexibility index (Phi) is 2.61. The number of Topliss-reactive ketones (excluding diaryl/α,β-unsaturated/α-hetero) is 1. The van der Waals surface area contributed by atoms with Crippen LogP contribution < -0.4 is 4.74 Å². The molecule has 82 valence electrons. The van der Waals surface area contributed by atoms with Crippen LogP contribution in [0, 0.1) is 16.7 Å². The predicted octanol–water partition coefficient (Wildman–Crippen LogP) is 2.84. The third-order valence-electron chi connectivity index (χ3n) is 2.82. The van der Waals surface area contributed by atoms with E-state index >= 15 is 0 Å². The van der Waals surface area contributed by atoms with Gasteiger partial charge in [0.2, 0.25) is 0 Å². The molecule has 0 unspecified atom stereocenters. The molecule has 0 radical (unpaired) electrons. The van der Waals surface area contributed by atoms with Crippen molar-refractivity contribution in [3.8, 4) is 11.8 Å². The Bertz CT molecular complexity index is 486. The van der Waals surface area contributed by atoms with Gasteiger partial charge in [0.05, 0.1) is 18.2 Å². The van der Waals surface area contributed by atoms with Gasteiger partial charge in [-0.05, 0) is 31.0 Å². The van der Waals surface area contributed by atoms with Crippen LogP contribution >= 0.6 is 11.6 Å². The van der Waals surface area contributed by atoms with Crippen LogP contribution in [0.1, 0.15) is 23.2 Å². The van der Waals surface area contributed by atoms with E-state index in [-0.39, 0.29) is 5.78 Å². The van der Waals surface area contributed by atoms with E-state index in [9.17, 15) is 4.79 Å². The fraction of sp³-hybridized carbons (Fsp3) is 0.333. The Morgan fingerprint density at radius 1 is 1.56 bits per heavy atom. The molecule has 0 heterocycles. The van der Waals surface area contributed by atoms with Gasteiger partial charge in [-0.1, -0.05) is 11.6 Å². The van der Waals surface area contributed by atoms with Crippen molar-refractivity contribution in [3.05, 3.63) is 28.8 Å². The lowest BCUT2D eigenvalue weighted by molar-refractivity contribution is 0.0935. The van der Waals surface area contributed by atoms with Gasteiger partial charge in [0.1, 0.15) is 11.2 Å². The van der Waals surface area contributed by atoms with E-state index in [0.29, 0.717) is 29.2 Å². The number of halogens is 1. The summed E-state index contributed by atoms with van der Waals surface area (Å²) in [7, 11) is 1.53. The van der Waals surface area contributed by atoms with Crippen molar-refractivity contribution >= 4 is 17.4 Å². The first-order valence-electron chi connectivity index (χ1n) is 4.92. The molecule has 1 aliphatic rings. The molecule has 4 heteroatoms. The number of hydrogen-bond donors (Lipinski definition) is 0. The highest BCUT2D eigenvalue weighted by molar-refractivity contribution is 6.34. The standard InChI is InChI=1S/C12H10ClNO2/c1-16-8-2-3-9(10(13)6-8)11(15)12(7-14)4-5-12/h2-3,6H,4-5H2,1H3. The summed E-state index contributed by atoms with van der Waals surface area (Å²) in [5.74, 6) is 0.422. The van der Waals surface area contributed by atoms with E-state index in [4.69, 9.17) is 21.6 Å². The molecule has 0 aromatic heterocycles. The molecule has 0 bridgehead atoms. The van der Waals surface area contributed by atoms with Gasteiger partial charge in [0.25, 0.3) is 0 Å². The highest BCUT2D eigenvalue weighted by Crippen LogP contribution is 2.48. The number of nitrogens with zero attached hydrogens (tertiary/aromatic N) is 1. The van der Waals surface area contributed by atoms with Gasteiger partial charge in [-0.3, -0.25) is 4.79 Å². The SMILES string of the molecule is COc1ccc(C(=O)C2(C#N)CC2)c(Cl)c1. The summed E-state index contributed by atoms with van der Waals surface area (Å²) < 4.78 is 5.00. The molecule has 0 N–H and O–H groups in total. The zero-order valence-corrected chi connectivity index (χ0v) is 9.54. The van der Waals surface area contributed by atoms with Gasteiger partial charge in [0, 0.05) is 5.56 Å². The molecule has 1 saturated carbocycles. The van der Waals surface area contributed by atoms with Gasteiger partial charge in [-0.25, -0.2) is 0 Å². The molecular formula is C12H10ClNO2. The van der Waals surface area contributed by atoms with E-state index in [0.717, 1.165) is 0 Å². The number of ketones is 1. The van der Waals surface area contributed by atoms with Gasteiger partial charge >= 0.3 is 0 Å². The molecule has 3 nitrogen and oxygen atoms in total. The van der Waals surface area contributed by atoms with Crippen molar-refractivity contribution in [2.75, 3.05) is 7.11 Å². The summed E-state index contributed by atoms with van der Waals surface area (Å²) in [6.45, 7) is 0. The second kappa shape index (κ2) is 3.80. The molecule has 1 aliphatic carbocycles. The van der Waals surface area contributed by atoms with Crippen molar-refractivity contribution in [2.24, 2.45) is 5.41 Å². The monoisotopic (exact) mass is 235 g/mol. The molecule has 0 aliphatic heterocycles. The third kappa shape index (κ3) is 1.66. The molecular weight excluding hydrogens is 226 g/mol. The Labute approximate surface area is 98.6 Å². The minimum Gasteiger partial charge on any atom is -0.497 e. The molecule has 2 rings (SSSR count). The average molecular weight is 236 g/mol. The third-order valence-corrected chi connectivity index (χ3v) is 3.13. The Morgan fingerprint density at radius 3 is 2.69 bits per heavy atom. The normalized spacial score (nSPS) is 16.3. The Hall–Kier alpha value is -1.53. The molecule has 16 heavy (non-hydrogen) atoms. The lowest BCUT2D eigenvalue weighted by Crippen LogP contribution is -2.14. The van der Waals surface area contributed by atoms with Crippen LogP contribution in [0.4, 0.5) is 0 Å². The number of hydrogen-bond acceptors (Lipinski definition) is 3. The fourth-order valence-corrected chi connectivity index (χ4v) is 1.84. The molecule has 0 atom stereocenters. The maximum absolute atomic E-state index is 12.0. The number of nitriles is 1. The number of carbonyl (C=O) groups is 1. The van der Waals surface area contributed by atoms with Crippen LogP contribution in [0.25, 0.3) is 0 Å². The van der Waals surface area contributed by atoms with E-state index in [1.165, 1.54) is 7.11 Å². The number of methoxy groups -OCH3 is 1. The molecule has 0 saturated heterocycles. The summed E-state index contributed by atoms with van der Waals surface area (Å²) in [6.07, 6.45) is 1.26. The maximum Gasteiger partial charge on any atom is 0.184 e. The van der Waals surface area contributed by atoms with Crippen LogP contribution in [0.15, 0.2) is 18.2 Å². The summed E-state index contributed by atoms with van der Waals surface area (Å²) in [5.41, 5.74) is -0.417. The lowest BCUT2D eigenvalue weighted by Gasteiger charge is -2.08. The number of rotatable bonds is 3. The predicted molar refractivity (Wildman–Crippen MR) is 59.6 cm³/mol. The van der Waals surface area contributed by atoms with Crippen molar-refractivity contribution in [3.63, 3.8) is 0 Å². The number of benzene rings is 1. The van der Waals surface area contributed by atoms with E-state index < -0.39 is 5.41 Å². The molecule has 1 aromatic rings. The summed E-state index contributed by atoms with van der Waals surface area (Å²) in [4.78, 5) is 12.0. The quantitative estimate of drug-likeness (QED) is 0.757. The molecule has 1 fully saturated rings. The zero-order chi connectivity index (χ0) is 11.8. The van der Waals surface area contributed by atoms with E-state index in [1.807, 2.05) is 0 Å². The van der Waals surface area contributed by atoms with Gasteiger partial charge < -0.3 is 4.74 Å². The maximum atomic E-state index is 12.0. The minimum absolute atomic E-state index is 0.178. The van der Waals surface area contributed by atoms with Crippen LogP contribution in [-0.4, -0.2) is 12.9 Å². The van der Waals surface area contributed by atoms with Crippen LogP contribution in [0.2, 0.25) is 5.02 Å². The lowest BCUT2D eigenvalue weighted by atomic mass is 9.96. The second-order valence-corrected chi connectivity index (χ2v) is 4.28. The van der Waals surface area contributed by atoms with Gasteiger partial charge in [0.15, 0.2) is 5.78 Å². The summed E-state index contributed by atoms with van der Waals surface area (Å²) in [6, 6.07) is 6.94. The fourth-order valence-electron chi connectivity index (χ4n) is 1.58. The van der Waals surface area contributed by atoms with Gasteiger partial charge in [-0.2, -0.15) is 5.26 Å². The largest absolute Gasteiger partial charge is 0.497 e. The van der Waals surface area contributed by atoms with Crippen molar-refractivity contribution in [2.45, 2.75) is 12.8 Å². The number of ether oxygens (including phenoxy) is 1. The topological polar surface area (TPSA) is 50.1 Å². The first-order chi connectivity index (χ1) is 7.63. The van der Waals surface area contributed by atoms with Crippen molar-refractivity contribution < 1.29 is 9.53 Å². The average Bonchev–Trinajstić information content (AvgIpc) is 3.09. The van der Waals surface area contributed by atoms with Crippen LogP contribution in [-0.2, 0) is 0 Å². The van der Waals surface area contributed by atoms with Gasteiger partial charge in [-0.15, -0.1) is 0 Å². The zero-order valence-electron chi connectivity index (χ0n) is 8.79. The Balaban J connectivity index is 2.35. The first-order valence-corrected chi connectivity index (χ1v) is 5.30. The second-order valence-electron chi connectivity index (χ2n) is 3.87. The van der Waals surface area contributed by atoms with Crippen LogP contribution in [0.3, 0.4) is 0 Å². The first kappa shape index (κ1) is 11.0. The van der Waals surface area contributed by atoms with Crippen molar-refractivity contribution in [1.82, 2.24) is 0 Å². The highest BCUT2D eigenvalue weighted by Gasteiger charge is 2.51. The van der Waals surface area contributed by atoms with E-state index in [1.54, 1.807) is 18.2 Å². The smallest absolute Gasteiger partial charge is 0.184 e. The van der Waals surface area contributed by atoms with Crippen molar-refractivity contribution in [1.29, 1.82) is 5.26 Å². The minimum atomic E-state index is -0.821. The number of carbonyl (C=O) groups excluding carboxylic acids is 1. The molecule has 0 amide bonds. The molecule has 1 aromatic carbocycles. The van der Waals surface area contributed by atoms with Crippen LogP contribution in [0.5, 0.6) is 5.75 Å². The summed E-state index contributed by atoms with van der Waals surface area (Å²) in [5, 5.41) is 9.28. The Morgan fingerprint density at radius 2 is 2.25 bits per heavy atom. The molecule has 0 spiro atoms. The summed E-state index contributed by atoms with van der Waals surface area (Å²) >= 11 is 5.98. The highest BCUT2D eigenvalue weighted by atomic mass is 35.5. The van der Waals surface area contributed by atoms with E-state index in [2.05, 4.69) is 6.07 Å².